The fraction of sp³-hybridized carbons (Fsp3) is 1.00. The highest BCUT2D eigenvalue weighted by molar-refractivity contribution is 4.74. The summed E-state index contributed by atoms with van der Waals surface area (Å²) in [6.45, 7) is -0.587. The van der Waals surface area contributed by atoms with E-state index in [4.69, 9.17) is 5.11 Å². The minimum absolute atomic E-state index is 0.587. The monoisotopic (exact) mass is 460 g/mol. The van der Waals surface area contributed by atoms with Crippen LogP contribution in [0.15, 0.2) is 0 Å². The van der Waals surface area contributed by atoms with Crippen molar-refractivity contribution in [3.05, 3.63) is 0 Å². The molecule has 0 saturated carbocycles. The topological polar surface area (TPSA) is 57.2 Å². The average Bonchev–Trinajstić information content (AvgIpc) is 2.30. The molecule has 0 saturated heterocycles. The van der Waals surface area contributed by atoms with Crippen LogP contribution in [0, 0.1) is 0 Å². The van der Waals surface area contributed by atoms with Crippen LogP contribution in [0.5, 0.6) is 0 Å². The first-order valence-electron chi connectivity index (χ1n) is 5.96. The van der Waals surface area contributed by atoms with E-state index in [0.717, 1.165) is 0 Å². The van der Waals surface area contributed by atoms with E-state index < -0.39 is 56.5 Å². The summed E-state index contributed by atoms with van der Waals surface area (Å²) in [7, 11) is 0. The smallest absolute Gasteiger partial charge is 0.332 e. The molecule has 28 heavy (non-hydrogen) atoms. The normalized spacial score (nSPS) is 17.6. The van der Waals surface area contributed by atoms with Gasteiger partial charge in [-0.1, -0.05) is 0 Å². The Kier molecular flexibility index (Phi) is 7.58. The third kappa shape index (κ3) is 8.88. The number of halogens is 14. The number of ether oxygens (including phenoxy) is 4. The lowest BCUT2D eigenvalue weighted by atomic mass is 10.3. The molecule has 5 nitrogen and oxygen atoms in total. The van der Waals surface area contributed by atoms with Gasteiger partial charge >= 0.3 is 31.1 Å². The fourth-order valence-corrected chi connectivity index (χ4v) is 1.05. The van der Waals surface area contributed by atoms with Crippen LogP contribution < -0.4 is 0 Å². The van der Waals surface area contributed by atoms with Gasteiger partial charge in [0.1, 0.15) is 0 Å². The lowest BCUT2D eigenvalue weighted by Gasteiger charge is -2.34. The van der Waals surface area contributed by atoms with Gasteiger partial charge in [-0.3, -0.25) is 18.9 Å². The Morgan fingerprint density at radius 3 is 1.07 bits per heavy atom. The molecule has 0 radical (unpaired) electrons. The lowest BCUT2D eigenvalue weighted by Crippen LogP contribution is -2.55. The SMILES string of the molecule is CC(F)(F)C(OC(F)(F)F)OC(F)(F)C(F)(F)OC(OC(F)(F)F)C(O)(F)F. The molecule has 0 fully saturated rings. The zero-order chi connectivity index (χ0) is 23.0. The van der Waals surface area contributed by atoms with Gasteiger partial charge in [-0.25, -0.2) is 8.78 Å². The number of aliphatic hydroxyl groups is 1. The van der Waals surface area contributed by atoms with Crippen LogP contribution >= 0.6 is 0 Å². The highest BCUT2D eigenvalue weighted by Gasteiger charge is 2.67. The predicted octanol–water partition coefficient (Wildman–Crippen LogP) is 4.17. The van der Waals surface area contributed by atoms with Gasteiger partial charge < -0.3 is 5.11 Å². The molecule has 0 aromatic heterocycles. The Morgan fingerprint density at radius 1 is 0.536 bits per heavy atom. The van der Waals surface area contributed by atoms with Crippen molar-refractivity contribution in [2.45, 2.75) is 56.5 Å². The van der Waals surface area contributed by atoms with E-state index in [-0.39, 0.29) is 0 Å². The largest absolute Gasteiger partial charge is 0.525 e. The van der Waals surface area contributed by atoms with Crippen molar-refractivity contribution in [3.63, 3.8) is 0 Å². The number of hydrogen-bond donors (Lipinski definition) is 1. The molecule has 2 unspecified atom stereocenters. The first-order valence-corrected chi connectivity index (χ1v) is 5.96. The van der Waals surface area contributed by atoms with Gasteiger partial charge in [-0.05, 0) is 0 Å². The summed E-state index contributed by atoms with van der Waals surface area (Å²) < 4.78 is 183. The van der Waals surface area contributed by atoms with Crippen molar-refractivity contribution in [1.82, 2.24) is 0 Å². The Bertz CT molecular complexity index is 457. The van der Waals surface area contributed by atoms with Crippen LogP contribution in [0.1, 0.15) is 6.92 Å². The molecule has 2 atom stereocenters. The molecule has 0 aliphatic rings. The van der Waals surface area contributed by atoms with Crippen LogP contribution in [0.2, 0.25) is 0 Å². The second-order valence-corrected chi connectivity index (χ2v) is 4.60. The maximum atomic E-state index is 13.2. The molecule has 19 heteroatoms. The molecule has 0 aromatic carbocycles. The van der Waals surface area contributed by atoms with Crippen LogP contribution in [0.25, 0.3) is 0 Å². The van der Waals surface area contributed by atoms with Gasteiger partial charge in [0.05, 0.1) is 0 Å². The Morgan fingerprint density at radius 2 is 0.821 bits per heavy atom. The Balaban J connectivity index is 5.69. The highest BCUT2D eigenvalue weighted by atomic mass is 19.4. The maximum Gasteiger partial charge on any atom is 0.525 e. The molecule has 0 bridgehead atoms. The first kappa shape index (κ1) is 26.8. The second-order valence-electron chi connectivity index (χ2n) is 4.60. The van der Waals surface area contributed by atoms with E-state index in [1.165, 1.54) is 0 Å². The molecular formula is C9H6F14O5. The molecule has 0 aliphatic heterocycles. The van der Waals surface area contributed by atoms with Crippen molar-refractivity contribution >= 4 is 0 Å². The van der Waals surface area contributed by atoms with Crippen LogP contribution in [0.3, 0.4) is 0 Å². The summed E-state index contributed by atoms with van der Waals surface area (Å²) in [5.74, 6) is -5.09. The summed E-state index contributed by atoms with van der Waals surface area (Å²) in [6, 6.07) is 0. The molecule has 0 rings (SSSR count). The van der Waals surface area contributed by atoms with Crippen molar-refractivity contribution < 1.29 is 85.5 Å². The van der Waals surface area contributed by atoms with E-state index in [1.807, 2.05) is 0 Å². The Hall–Kier alpha value is -1.18. The molecule has 0 aliphatic carbocycles. The molecule has 0 aromatic rings. The molecule has 0 heterocycles. The lowest BCUT2D eigenvalue weighted by molar-refractivity contribution is -0.533. The summed E-state index contributed by atoms with van der Waals surface area (Å²) >= 11 is 0. The van der Waals surface area contributed by atoms with E-state index in [2.05, 4.69) is 18.9 Å². The summed E-state index contributed by atoms with van der Waals surface area (Å²) in [5, 5.41) is 7.94. The number of rotatable bonds is 9. The summed E-state index contributed by atoms with van der Waals surface area (Å²) in [5.41, 5.74) is 0. The van der Waals surface area contributed by atoms with Gasteiger partial charge in [0.15, 0.2) is 0 Å². The van der Waals surface area contributed by atoms with Crippen molar-refractivity contribution in [2.24, 2.45) is 0 Å². The summed E-state index contributed by atoms with van der Waals surface area (Å²) in [4.78, 5) is 0. The standard InChI is InChI=1S/C9H6F14O5/c1-4(10,11)2(27-8(18,19)20)25-6(14,15)7(16,17)26-3(5(12,13)24)28-9(21,22)23/h2-3,24H,1H3. The Labute approximate surface area is 143 Å². The summed E-state index contributed by atoms with van der Waals surface area (Å²) in [6.07, 6.45) is -41.5. The third-order valence-corrected chi connectivity index (χ3v) is 2.03. The predicted molar refractivity (Wildman–Crippen MR) is 51.7 cm³/mol. The molecule has 0 spiro atoms. The fourth-order valence-electron chi connectivity index (χ4n) is 1.05. The second kappa shape index (κ2) is 7.92. The zero-order valence-corrected chi connectivity index (χ0v) is 12.5. The third-order valence-electron chi connectivity index (χ3n) is 2.03. The van der Waals surface area contributed by atoms with E-state index in [0.29, 0.717) is 0 Å². The van der Waals surface area contributed by atoms with Gasteiger partial charge in [-0.15, -0.1) is 26.3 Å². The quantitative estimate of drug-likeness (QED) is 0.414. The zero-order valence-electron chi connectivity index (χ0n) is 12.5. The first-order chi connectivity index (χ1) is 11.9. The average molecular weight is 460 g/mol. The number of hydrogen-bond acceptors (Lipinski definition) is 5. The van der Waals surface area contributed by atoms with Crippen LogP contribution in [-0.2, 0) is 18.9 Å². The van der Waals surface area contributed by atoms with E-state index in [1.54, 1.807) is 0 Å². The van der Waals surface area contributed by atoms with Crippen LogP contribution in [-0.4, -0.2) is 54.7 Å². The van der Waals surface area contributed by atoms with Gasteiger partial charge in [0.2, 0.25) is 6.29 Å². The molecule has 170 valence electrons. The van der Waals surface area contributed by atoms with Crippen molar-refractivity contribution in [1.29, 1.82) is 0 Å². The van der Waals surface area contributed by atoms with Gasteiger partial charge in [0, 0.05) is 6.92 Å². The van der Waals surface area contributed by atoms with Crippen molar-refractivity contribution in [2.75, 3.05) is 0 Å². The maximum absolute atomic E-state index is 13.2. The minimum Gasteiger partial charge on any atom is -0.332 e. The molecule has 1 N–H and O–H groups in total. The van der Waals surface area contributed by atoms with Crippen LogP contribution in [0.4, 0.5) is 61.5 Å². The molecule has 0 amide bonds. The van der Waals surface area contributed by atoms with Gasteiger partial charge in [-0.2, -0.15) is 26.3 Å². The van der Waals surface area contributed by atoms with E-state index >= 15 is 0 Å². The number of alkyl halides is 14. The van der Waals surface area contributed by atoms with E-state index in [9.17, 15) is 61.5 Å². The van der Waals surface area contributed by atoms with Gasteiger partial charge in [0.25, 0.3) is 12.2 Å². The minimum atomic E-state index is -6.78. The van der Waals surface area contributed by atoms with Crippen molar-refractivity contribution in [3.8, 4) is 0 Å². The highest BCUT2D eigenvalue weighted by Crippen LogP contribution is 2.43. The molecular weight excluding hydrogens is 454 g/mol.